The lowest BCUT2D eigenvalue weighted by Gasteiger charge is -2.22. The Bertz CT molecular complexity index is 755. The molecule has 23 heavy (non-hydrogen) atoms. The van der Waals surface area contributed by atoms with Crippen LogP contribution in [0.5, 0.6) is 5.75 Å². The van der Waals surface area contributed by atoms with Gasteiger partial charge in [-0.25, -0.2) is 0 Å². The van der Waals surface area contributed by atoms with Crippen molar-refractivity contribution < 1.29 is 14.6 Å². The number of hydrogen-bond acceptors (Lipinski definition) is 3. The first-order valence-electron chi connectivity index (χ1n) is 6.98. The summed E-state index contributed by atoms with van der Waals surface area (Å²) >= 11 is 4.04. The molecule has 3 rings (SSSR count). The second-order valence-electron chi connectivity index (χ2n) is 5.06. The van der Waals surface area contributed by atoms with Gasteiger partial charge in [0.05, 0.1) is 13.3 Å². The number of amides is 1. The number of phenolic OH excluding ortho intramolecular Hbond substituents is 1. The summed E-state index contributed by atoms with van der Waals surface area (Å²) in [5, 5.41) is 9.84. The van der Waals surface area contributed by atoms with Crippen LogP contribution in [0.3, 0.4) is 0 Å². The van der Waals surface area contributed by atoms with Gasteiger partial charge in [-0.05, 0) is 75.7 Å². The van der Waals surface area contributed by atoms with Crippen LogP contribution < -0.4 is 0 Å². The van der Waals surface area contributed by atoms with E-state index in [-0.39, 0.29) is 11.7 Å². The van der Waals surface area contributed by atoms with Crippen LogP contribution in [0.15, 0.2) is 60.4 Å². The van der Waals surface area contributed by atoms with Crippen LogP contribution in [-0.4, -0.2) is 15.9 Å². The molecular weight excluding hydrogens is 520 g/mol. The number of ether oxygens (including phenoxy) is 1. The van der Waals surface area contributed by atoms with E-state index in [1.54, 1.807) is 24.5 Å². The number of halogens is 2. The summed E-state index contributed by atoms with van der Waals surface area (Å²) in [6.07, 6.45) is 12.8. The molecule has 0 unspecified atom stereocenters. The molecule has 0 aromatic heterocycles. The van der Waals surface area contributed by atoms with Crippen molar-refractivity contribution in [2.75, 3.05) is 0 Å². The molecule has 1 amide bonds. The van der Waals surface area contributed by atoms with Gasteiger partial charge in [-0.3, -0.25) is 9.69 Å². The number of nitrogens with zero attached hydrogens (tertiary/aromatic N) is 1. The maximum absolute atomic E-state index is 12.7. The first-order chi connectivity index (χ1) is 11.1. The summed E-state index contributed by atoms with van der Waals surface area (Å²) in [6.45, 7) is 0. The minimum absolute atomic E-state index is 0.162. The SMILES string of the molecule is O=C(c1cc(I)c(O)c(I)c1)N1C=COC(C2=CC=CCC2)=C1. The molecule has 0 saturated carbocycles. The number of allylic oxidation sites excluding steroid dienone is 4. The smallest absolute Gasteiger partial charge is 0.262 e. The lowest BCUT2D eigenvalue weighted by molar-refractivity contribution is 0.0855. The molecule has 0 atom stereocenters. The van der Waals surface area contributed by atoms with Gasteiger partial charge in [0.15, 0.2) is 0 Å². The zero-order valence-corrected chi connectivity index (χ0v) is 16.3. The van der Waals surface area contributed by atoms with Gasteiger partial charge < -0.3 is 9.84 Å². The van der Waals surface area contributed by atoms with Crippen LogP contribution in [-0.2, 0) is 4.74 Å². The van der Waals surface area contributed by atoms with E-state index >= 15 is 0 Å². The van der Waals surface area contributed by atoms with E-state index in [9.17, 15) is 9.90 Å². The first-order valence-corrected chi connectivity index (χ1v) is 9.14. The second kappa shape index (κ2) is 7.08. The second-order valence-corrected chi connectivity index (χ2v) is 7.38. The van der Waals surface area contributed by atoms with Crippen LogP contribution in [0, 0.1) is 7.14 Å². The maximum atomic E-state index is 12.7. The van der Waals surface area contributed by atoms with Gasteiger partial charge in [-0.15, -0.1) is 0 Å². The van der Waals surface area contributed by atoms with Crippen molar-refractivity contribution in [2.45, 2.75) is 12.8 Å². The number of rotatable bonds is 2. The van der Waals surface area contributed by atoms with Crippen LogP contribution in [0.2, 0.25) is 0 Å². The Hall–Kier alpha value is -1.29. The highest BCUT2D eigenvalue weighted by Gasteiger charge is 2.20. The molecule has 1 aliphatic heterocycles. The summed E-state index contributed by atoms with van der Waals surface area (Å²) in [6, 6.07) is 3.36. The zero-order chi connectivity index (χ0) is 16.4. The molecule has 2 aliphatic rings. The molecular formula is C17H13I2NO3. The third-order valence-electron chi connectivity index (χ3n) is 3.50. The topological polar surface area (TPSA) is 49.8 Å². The quantitative estimate of drug-likeness (QED) is 0.563. The van der Waals surface area contributed by atoms with E-state index in [0.717, 1.165) is 18.4 Å². The number of aromatic hydroxyl groups is 1. The largest absolute Gasteiger partial charge is 0.506 e. The molecule has 1 aromatic carbocycles. The summed E-state index contributed by atoms with van der Waals surface area (Å²) < 4.78 is 6.85. The molecule has 0 radical (unpaired) electrons. The van der Waals surface area contributed by atoms with E-state index in [0.29, 0.717) is 18.5 Å². The van der Waals surface area contributed by atoms with Crippen LogP contribution in [0.25, 0.3) is 0 Å². The minimum Gasteiger partial charge on any atom is -0.506 e. The zero-order valence-electron chi connectivity index (χ0n) is 12.0. The van der Waals surface area contributed by atoms with Gasteiger partial charge in [0.1, 0.15) is 17.8 Å². The Kier molecular flexibility index (Phi) is 5.10. The van der Waals surface area contributed by atoms with E-state index in [1.807, 2.05) is 57.3 Å². The van der Waals surface area contributed by atoms with Crippen molar-refractivity contribution in [3.05, 3.63) is 73.1 Å². The number of carbonyl (C=O) groups excluding carboxylic acids is 1. The average molecular weight is 533 g/mol. The van der Waals surface area contributed by atoms with E-state index in [2.05, 4.69) is 6.08 Å². The highest BCUT2D eigenvalue weighted by atomic mass is 127. The van der Waals surface area contributed by atoms with Crippen molar-refractivity contribution in [3.8, 4) is 5.75 Å². The Labute approximate surface area is 161 Å². The average Bonchev–Trinajstić information content (AvgIpc) is 2.59. The number of phenols is 1. The molecule has 6 heteroatoms. The Morgan fingerprint density at radius 1 is 1.26 bits per heavy atom. The van der Waals surface area contributed by atoms with Gasteiger partial charge in [-0.2, -0.15) is 0 Å². The van der Waals surface area contributed by atoms with Crippen LogP contribution in [0.1, 0.15) is 23.2 Å². The van der Waals surface area contributed by atoms with Crippen molar-refractivity contribution in [2.24, 2.45) is 0 Å². The molecule has 1 aliphatic carbocycles. The lowest BCUT2D eigenvalue weighted by Crippen LogP contribution is -2.23. The summed E-state index contributed by atoms with van der Waals surface area (Å²) in [5.41, 5.74) is 1.60. The van der Waals surface area contributed by atoms with Gasteiger partial charge in [0.2, 0.25) is 0 Å². The maximum Gasteiger partial charge on any atom is 0.262 e. The fraction of sp³-hybridized carbons (Fsp3) is 0.118. The summed E-state index contributed by atoms with van der Waals surface area (Å²) in [7, 11) is 0. The van der Waals surface area contributed by atoms with E-state index in [1.165, 1.54) is 11.2 Å². The van der Waals surface area contributed by atoms with Gasteiger partial charge in [0.25, 0.3) is 5.91 Å². The molecule has 1 N–H and O–H groups in total. The summed E-state index contributed by atoms with van der Waals surface area (Å²) in [4.78, 5) is 14.2. The van der Waals surface area contributed by atoms with Gasteiger partial charge in [-0.1, -0.05) is 18.2 Å². The molecule has 118 valence electrons. The molecule has 0 fully saturated rings. The minimum atomic E-state index is -0.162. The first kappa shape index (κ1) is 16.6. The molecule has 0 bridgehead atoms. The molecule has 1 heterocycles. The number of benzene rings is 1. The highest BCUT2D eigenvalue weighted by Crippen LogP contribution is 2.29. The summed E-state index contributed by atoms with van der Waals surface area (Å²) in [5.74, 6) is 0.730. The normalized spacial score (nSPS) is 16.7. The third kappa shape index (κ3) is 3.63. The fourth-order valence-corrected chi connectivity index (χ4v) is 4.07. The molecule has 0 saturated heterocycles. The van der Waals surface area contributed by atoms with Crippen LogP contribution >= 0.6 is 45.2 Å². The Balaban J connectivity index is 1.88. The lowest BCUT2D eigenvalue weighted by atomic mass is 10.0. The Morgan fingerprint density at radius 3 is 2.65 bits per heavy atom. The van der Waals surface area contributed by atoms with Crippen molar-refractivity contribution in [1.82, 2.24) is 4.90 Å². The monoisotopic (exact) mass is 533 g/mol. The molecule has 0 spiro atoms. The van der Waals surface area contributed by atoms with Gasteiger partial charge in [0, 0.05) is 11.8 Å². The molecule has 4 nitrogen and oxygen atoms in total. The van der Waals surface area contributed by atoms with E-state index < -0.39 is 0 Å². The predicted molar refractivity (Wildman–Crippen MR) is 104 cm³/mol. The Morgan fingerprint density at radius 2 is 2.00 bits per heavy atom. The van der Waals surface area contributed by atoms with Gasteiger partial charge >= 0.3 is 0 Å². The fourth-order valence-electron chi connectivity index (χ4n) is 2.30. The predicted octanol–water partition coefficient (Wildman–Crippen LogP) is 4.66. The standard InChI is InChI=1S/C17H13I2NO3/c18-13-8-12(9-14(19)16(13)21)17(22)20-6-7-23-15(10-20)11-4-2-1-3-5-11/h1-2,4,6-10,21H,3,5H2. The number of carbonyl (C=O) groups is 1. The molecule has 1 aromatic rings. The van der Waals surface area contributed by atoms with Crippen molar-refractivity contribution in [1.29, 1.82) is 0 Å². The number of hydrogen-bond donors (Lipinski definition) is 1. The third-order valence-corrected chi connectivity index (χ3v) is 5.15. The van der Waals surface area contributed by atoms with Crippen molar-refractivity contribution in [3.63, 3.8) is 0 Å². The van der Waals surface area contributed by atoms with Crippen LogP contribution in [0.4, 0.5) is 0 Å². The van der Waals surface area contributed by atoms with Crippen molar-refractivity contribution >= 4 is 51.1 Å². The van der Waals surface area contributed by atoms with E-state index in [4.69, 9.17) is 4.74 Å². The highest BCUT2D eigenvalue weighted by molar-refractivity contribution is 14.1.